The number of ketones is 1. The van der Waals surface area contributed by atoms with Crippen molar-refractivity contribution in [1.82, 2.24) is 0 Å². The molecule has 1 N–H and O–H groups in total. The van der Waals surface area contributed by atoms with Crippen molar-refractivity contribution in [3.63, 3.8) is 0 Å². The molecule has 5 aliphatic carbocycles. The summed E-state index contributed by atoms with van der Waals surface area (Å²) in [6.45, 7) is 3.04. The number of carbonyl (C=O) groups excluding carboxylic acids is 1. The summed E-state index contributed by atoms with van der Waals surface area (Å²) in [5.41, 5.74) is 1.45. The standard InChI is InChI=1S/C25H38O4/c1-23-13-10-21-19(20(23)7-8-22(23)27)6-5-17-15-18(26)9-14-24(17,21)16-29-25(28-2)11-3-4-12-25/h15,19-22,27H,3-14,16H2,1-2H3/t19-,20-,21-,22-,23-,24+/m0/s1. The molecule has 0 unspecified atom stereocenters. The Labute approximate surface area is 175 Å². The average Bonchev–Trinajstić information content (AvgIpc) is 3.32. The number of fused-ring (bicyclic) bond motifs is 5. The van der Waals surface area contributed by atoms with Crippen LogP contribution in [0.1, 0.15) is 84.0 Å². The van der Waals surface area contributed by atoms with E-state index in [-0.39, 0.29) is 16.9 Å². The van der Waals surface area contributed by atoms with E-state index in [0.717, 1.165) is 51.4 Å². The summed E-state index contributed by atoms with van der Waals surface area (Å²) in [7, 11) is 1.79. The van der Waals surface area contributed by atoms with Crippen LogP contribution in [0.2, 0.25) is 0 Å². The summed E-state index contributed by atoms with van der Waals surface area (Å²) >= 11 is 0. The third-order valence-electron chi connectivity index (χ3n) is 9.97. The zero-order valence-corrected chi connectivity index (χ0v) is 18.3. The molecule has 5 aliphatic rings. The number of methoxy groups -OCH3 is 1. The highest BCUT2D eigenvalue weighted by Gasteiger charge is 2.60. The van der Waals surface area contributed by atoms with E-state index in [4.69, 9.17) is 9.47 Å². The molecule has 4 heteroatoms. The monoisotopic (exact) mass is 402 g/mol. The highest BCUT2D eigenvalue weighted by Crippen LogP contribution is 2.65. The predicted octanol–water partition coefficient (Wildman–Crippen LogP) is 4.79. The summed E-state index contributed by atoms with van der Waals surface area (Å²) < 4.78 is 12.5. The van der Waals surface area contributed by atoms with Crippen molar-refractivity contribution in [2.75, 3.05) is 13.7 Å². The summed E-state index contributed by atoms with van der Waals surface area (Å²) in [4.78, 5) is 12.3. The van der Waals surface area contributed by atoms with Gasteiger partial charge in [-0.1, -0.05) is 12.5 Å². The van der Waals surface area contributed by atoms with Crippen LogP contribution in [0.5, 0.6) is 0 Å². The Bertz CT molecular complexity index is 693. The lowest BCUT2D eigenvalue weighted by Crippen LogP contribution is -2.54. The maximum Gasteiger partial charge on any atom is 0.167 e. The Kier molecular flexibility index (Phi) is 5.00. The van der Waals surface area contributed by atoms with Crippen molar-refractivity contribution in [3.05, 3.63) is 11.6 Å². The molecular weight excluding hydrogens is 364 g/mol. The van der Waals surface area contributed by atoms with Crippen LogP contribution in [0.15, 0.2) is 11.6 Å². The smallest absolute Gasteiger partial charge is 0.167 e. The minimum Gasteiger partial charge on any atom is -0.393 e. The molecule has 0 spiro atoms. The fourth-order valence-electron chi connectivity index (χ4n) is 8.19. The SMILES string of the molecule is COC1(OC[C@]23CCC(=O)C=C2CC[C@@H]2[C@@H]3CC[C@]3(C)[C@@H](O)CC[C@@H]23)CCCC1. The summed E-state index contributed by atoms with van der Waals surface area (Å²) in [6.07, 6.45) is 14.3. The van der Waals surface area contributed by atoms with Gasteiger partial charge >= 0.3 is 0 Å². The van der Waals surface area contributed by atoms with Crippen molar-refractivity contribution in [1.29, 1.82) is 0 Å². The highest BCUT2D eigenvalue weighted by atomic mass is 16.7. The molecule has 0 aromatic carbocycles. The van der Waals surface area contributed by atoms with E-state index in [1.54, 1.807) is 7.11 Å². The lowest BCUT2D eigenvalue weighted by Gasteiger charge is -2.59. The number of aliphatic hydroxyl groups excluding tert-OH is 1. The lowest BCUT2D eigenvalue weighted by atomic mass is 9.47. The predicted molar refractivity (Wildman–Crippen MR) is 111 cm³/mol. The Morgan fingerprint density at radius 1 is 1.03 bits per heavy atom. The molecule has 0 aromatic rings. The molecule has 4 nitrogen and oxygen atoms in total. The first-order valence-electron chi connectivity index (χ1n) is 12.0. The van der Waals surface area contributed by atoms with Gasteiger partial charge in [-0.2, -0.15) is 0 Å². The number of hydrogen-bond donors (Lipinski definition) is 1. The Balaban J connectivity index is 1.46. The van der Waals surface area contributed by atoms with Gasteiger partial charge in [-0.05, 0) is 87.0 Å². The van der Waals surface area contributed by atoms with Gasteiger partial charge in [0.05, 0.1) is 12.7 Å². The number of rotatable bonds is 4. The molecule has 0 amide bonds. The van der Waals surface area contributed by atoms with Crippen molar-refractivity contribution in [3.8, 4) is 0 Å². The molecule has 0 saturated heterocycles. The number of aliphatic hydroxyl groups is 1. The zero-order chi connectivity index (χ0) is 20.3. The minimum absolute atomic E-state index is 0.000180. The molecule has 5 rings (SSSR count). The van der Waals surface area contributed by atoms with Crippen LogP contribution in [0.25, 0.3) is 0 Å². The normalized spacial score (nSPS) is 46.0. The molecule has 4 saturated carbocycles. The molecule has 6 atom stereocenters. The second kappa shape index (κ2) is 7.17. The maximum atomic E-state index is 12.3. The Morgan fingerprint density at radius 2 is 1.83 bits per heavy atom. The van der Waals surface area contributed by atoms with Gasteiger partial charge in [0.25, 0.3) is 0 Å². The van der Waals surface area contributed by atoms with Crippen LogP contribution in [0.3, 0.4) is 0 Å². The molecule has 0 bridgehead atoms. The number of ether oxygens (including phenoxy) is 2. The summed E-state index contributed by atoms with van der Waals surface area (Å²) in [5, 5.41) is 10.7. The van der Waals surface area contributed by atoms with Crippen LogP contribution >= 0.6 is 0 Å². The third kappa shape index (κ3) is 3.00. The van der Waals surface area contributed by atoms with E-state index in [0.29, 0.717) is 36.6 Å². The lowest BCUT2D eigenvalue weighted by molar-refractivity contribution is -0.239. The molecule has 4 fully saturated rings. The van der Waals surface area contributed by atoms with E-state index < -0.39 is 5.79 Å². The topological polar surface area (TPSA) is 55.8 Å². The second-order valence-corrected chi connectivity index (χ2v) is 11.0. The first-order valence-corrected chi connectivity index (χ1v) is 12.0. The fourth-order valence-corrected chi connectivity index (χ4v) is 8.19. The quantitative estimate of drug-likeness (QED) is 0.687. The van der Waals surface area contributed by atoms with Gasteiger partial charge in [-0.25, -0.2) is 0 Å². The minimum atomic E-state index is -0.416. The first-order chi connectivity index (χ1) is 13.9. The van der Waals surface area contributed by atoms with Gasteiger partial charge in [-0.15, -0.1) is 0 Å². The van der Waals surface area contributed by atoms with Crippen molar-refractivity contribution in [2.24, 2.45) is 28.6 Å². The molecule has 0 aromatic heterocycles. The summed E-state index contributed by atoms with van der Waals surface area (Å²) in [6, 6.07) is 0. The Morgan fingerprint density at radius 3 is 2.59 bits per heavy atom. The maximum absolute atomic E-state index is 12.3. The summed E-state index contributed by atoms with van der Waals surface area (Å²) in [5.74, 6) is 1.74. The van der Waals surface area contributed by atoms with E-state index >= 15 is 0 Å². The van der Waals surface area contributed by atoms with E-state index in [2.05, 4.69) is 6.92 Å². The second-order valence-electron chi connectivity index (χ2n) is 11.0. The van der Waals surface area contributed by atoms with Crippen LogP contribution < -0.4 is 0 Å². The van der Waals surface area contributed by atoms with Crippen LogP contribution in [0.4, 0.5) is 0 Å². The van der Waals surface area contributed by atoms with E-state index in [1.165, 1.54) is 24.8 Å². The average molecular weight is 403 g/mol. The zero-order valence-electron chi connectivity index (χ0n) is 18.3. The van der Waals surface area contributed by atoms with E-state index in [1.807, 2.05) is 6.08 Å². The number of hydrogen-bond acceptors (Lipinski definition) is 4. The Hall–Kier alpha value is -0.710. The largest absolute Gasteiger partial charge is 0.393 e. The van der Waals surface area contributed by atoms with E-state index in [9.17, 15) is 9.90 Å². The first kappa shape index (κ1) is 20.2. The van der Waals surface area contributed by atoms with Crippen LogP contribution in [-0.4, -0.2) is 36.5 Å². The van der Waals surface area contributed by atoms with Crippen molar-refractivity contribution < 1.29 is 19.4 Å². The molecule has 29 heavy (non-hydrogen) atoms. The van der Waals surface area contributed by atoms with Gasteiger partial charge < -0.3 is 14.6 Å². The van der Waals surface area contributed by atoms with Gasteiger partial charge in [-0.3, -0.25) is 4.79 Å². The van der Waals surface area contributed by atoms with Gasteiger partial charge in [0, 0.05) is 31.8 Å². The van der Waals surface area contributed by atoms with Crippen molar-refractivity contribution >= 4 is 5.78 Å². The van der Waals surface area contributed by atoms with Crippen molar-refractivity contribution in [2.45, 2.75) is 95.9 Å². The molecule has 0 heterocycles. The van der Waals surface area contributed by atoms with Gasteiger partial charge in [0.2, 0.25) is 0 Å². The van der Waals surface area contributed by atoms with Crippen LogP contribution in [-0.2, 0) is 14.3 Å². The molecular formula is C25H38O4. The van der Waals surface area contributed by atoms with Gasteiger partial charge in [0.1, 0.15) is 0 Å². The van der Waals surface area contributed by atoms with Crippen LogP contribution in [0, 0.1) is 28.6 Å². The molecule has 162 valence electrons. The molecule has 0 aliphatic heterocycles. The fraction of sp³-hybridized carbons (Fsp3) is 0.880. The highest BCUT2D eigenvalue weighted by molar-refractivity contribution is 5.91. The number of carbonyl (C=O) groups is 1. The third-order valence-corrected chi connectivity index (χ3v) is 9.97. The van der Waals surface area contributed by atoms with Gasteiger partial charge in [0.15, 0.2) is 11.6 Å². The molecule has 0 radical (unpaired) electrons.